The lowest BCUT2D eigenvalue weighted by molar-refractivity contribution is -0.118. The fraction of sp³-hybridized carbons (Fsp3) is 0.292. The summed E-state index contributed by atoms with van der Waals surface area (Å²) >= 11 is 1.36. The zero-order chi connectivity index (χ0) is 22.1. The summed E-state index contributed by atoms with van der Waals surface area (Å²) in [4.78, 5) is 12.2. The molecular weight excluding hydrogens is 408 g/mol. The van der Waals surface area contributed by atoms with Crippen molar-refractivity contribution < 1.29 is 9.53 Å². The number of aryl methyl sites for hydroxylation is 2. The molecule has 0 fully saturated rings. The van der Waals surface area contributed by atoms with E-state index in [1.54, 1.807) is 6.08 Å². The molecule has 1 amide bonds. The van der Waals surface area contributed by atoms with E-state index in [9.17, 15) is 4.79 Å². The molecule has 0 spiro atoms. The van der Waals surface area contributed by atoms with E-state index in [1.807, 2.05) is 48.7 Å². The molecule has 1 N–H and O–H groups in total. The Morgan fingerprint density at radius 1 is 1.19 bits per heavy atom. The first-order chi connectivity index (χ1) is 15.1. The van der Waals surface area contributed by atoms with Gasteiger partial charge in [-0.1, -0.05) is 60.3 Å². The minimum atomic E-state index is -0.0257. The van der Waals surface area contributed by atoms with Gasteiger partial charge >= 0.3 is 0 Å². The van der Waals surface area contributed by atoms with Crippen LogP contribution in [-0.2, 0) is 24.4 Å². The van der Waals surface area contributed by atoms with Gasteiger partial charge in [-0.05, 0) is 43.0 Å². The van der Waals surface area contributed by atoms with Crippen LogP contribution in [0.15, 0.2) is 66.3 Å². The van der Waals surface area contributed by atoms with Gasteiger partial charge in [0.15, 0.2) is 11.0 Å². The molecule has 1 aromatic heterocycles. The molecule has 0 saturated carbocycles. The topological polar surface area (TPSA) is 69.0 Å². The standard InChI is InChI=1S/C24H28N4O2S/c1-4-14-28-22(16-30-21-15-18(2)10-11-19(21)3)26-27-24(28)31-17-23(29)25-13-12-20-8-6-5-7-9-20/h4-11,15H,1,12-14,16-17H2,2-3H3,(H,25,29). The van der Waals surface area contributed by atoms with Gasteiger partial charge in [0, 0.05) is 13.1 Å². The first-order valence-electron chi connectivity index (χ1n) is 10.2. The zero-order valence-corrected chi connectivity index (χ0v) is 18.8. The predicted octanol–water partition coefficient (Wildman–Crippen LogP) is 4.11. The molecule has 6 nitrogen and oxygen atoms in total. The van der Waals surface area contributed by atoms with Crippen LogP contribution < -0.4 is 10.1 Å². The lowest BCUT2D eigenvalue weighted by Crippen LogP contribution is -2.27. The van der Waals surface area contributed by atoms with Gasteiger partial charge in [0.1, 0.15) is 12.4 Å². The number of aromatic nitrogens is 3. The van der Waals surface area contributed by atoms with E-state index in [4.69, 9.17) is 4.74 Å². The van der Waals surface area contributed by atoms with Crippen molar-refractivity contribution in [1.82, 2.24) is 20.1 Å². The van der Waals surface area contributed by atoms with Crippen LogP contribution in [0.3, 0.4) is 0 Å². The van der Waals surface area contributed by atoms with Gasteiger partial charge in [0.25, 0.3) is 0 Å². The highest BCUT2D eigenvalue weighted by molar-refractivity contribution is 7.99. The second-order valence-electron chi connectivity index (χ2n) is 7.23. The SMILES string of the molecule is C=CCn1c(COc2cc(C)ccc2C)nnc1SCC(=O)NCCc1ccccc1. The van der Waals surface area contributed by atoms with Crippen molar-refractivity contribution in [3.63, 3.8) is 0 Å². The third kappa shape index (κ3) is 6.72. The molecule has 0 atom stereocenters. The summed E-state index contributed by atoms with van der Waals surface area (Å²) < 4.78 is 7.91. The van der Waals surface area contributed by atoms with Gasteiger partial charge in [0.2, 0.25) is 5.91 Å². The van der Waals surface area contributed by atoms with Gasteiger partial charge in [-0.3, -0.25) is 9.36 Å². The Morgan fingerprint density at radius 3 is 2.77 bits per heavy atom. The number of amides is 1. The Labute approximate surface area is 187 Å². The van der Waals surface area contributed by atoms with E-state index in [0.29, 0.717) is 30.7 Å². The van der Waals surface area contributed by atoms with Gasteiger partial charge in [0.05, 0.1) is 5.75 Å². The van der Waals surface area contributed by atoms with Crippen molar-refractivity contribution in [2.75, 3.05) is 12.3 Å². The minimum Gasteiger partial charge on any atom is -0.485 e. The van der Waals surface area contributed by atoms with E-state index < -0.39 is 0 Å². The van der Waals surface area contributed by atoms with Crippen LogP contribution >= 0.6 is 11.8 Å². The number of thioether (sulfide) groups is 1. The lowest BCUT2D eigenvalue weighted by Gasteiger charge is -2.11. The molecule has 2 aromatic carbocycles. The number of hydrogen-bond acceptors (Lipinski definition) is 5. The van der Waals surface area contributed by atoms with E-state index in [2.05, 4.69) is 40.3 Å². The van der Waals surface area contributed by atoms with Crippen LogP contribution in [-0.4, -0.2) is 33.0 Å². The fourth-order valence-corrected chi connectivity index (χ4v) is 3.82. The number of ether oxygens (including phenoxy) is 1. The van der Waals surface area contributed by atoms with Gasteiger partial charge in [-0.25, -0.2) is 0 Å². The van der Waals surface area contributed by atoms with Crippen molar-refractivity contribution in [2.45, 2.75) is 38.6 Å². The minimum absolute atomic E-state index is 0.0257. The Kier molecular flexibility index (Phi) is 8.29. The van der Waals surface area contributed by atoms with Gasteiger partial charge in [-0.2, -0.15) is 0 Å². The Morgan fingerprint density at radius 2 is 2.00 bits per heavy atom. The highest BCUT2D eigenvalue weighted by Crippen LogP contribution is 2.22. The normalized spacial score (nSPS) is 10.6. The zero-order valence-electron chi connectivity index (χ0n) is 18.0. The Hall–Kier alpha value is -3.06. The number of nitrogens with zero attached hydrogens (tertiary/aromatic N) is 3. The van der Waals surface area contributed by atoms with Gasteiger partial charge < -0.3 is 10.1 Å². The Balaban J connectivity index is 1.53. The number of carbonyl (C=O) groups excluding carboxylic acids is 1. The molecule has 1 heterocycles. The number of allylic oxidation sites excluding steroid dienone is 1. The lowest BCUT2D eigenvalue weighted by atomic mass is 10.1. The highest BCUT2D eigenvalue weighted by Gasteiger charge is 2.14. The van der Waals surface area contributed by atoms with Gasteiger partial charge in [-0.15, -0.1) is 16.8 Å². The summed E-state index contributed by atoms with van der Waals surface area (Å²) in [6, 6.07) is 16.2. The van der Waals surface area contributed by atoms with Crippen LogP contribution in [0.1, 0.15) is 22.5 Å². The summed E-state index contributed by atoms with van der Waals surface area (Å²) in [5, 5.41) is 12.2. The smallest absolute Gasteiger partial charge is 0.230 e. The molecule has 0 radical (unpaired) electrons. The van der Waals surface area contributed by atoms with Crippen LogP contribution in [0.25, 0.3) is 0 Å². The summed E-state index contributed by atoms with van der Waals surface area (Å²) in [7, 11) is 0. The molecule has 3 rings (SSSR count). The van der Waals surface area contributed by atoms with E-state index in [-0.39, 0.29) is 11.7 Å². The number of rotatable bonds is 11. The maximum absolute atomic E-state index is 12.2. The molecule has 0 aliphatic carbocycles. The molecular formula is C24H28N4O2S. The second-order valence-corrected chi connectivity index (χ2v) is 8.17. The van der Waals surface area contributed by atoms with Crippen LogP contribution in [0, 0.1) is 13.8 Å². The number of nitrogens with one attached hydrogen (secondary N) is 1. The molecule has 0 unspecified atom stereocenters. The third-order valence-corrected chi connectivity index (χ3v) is 5.68. The molecule has 31 heavy (non-hydrogen) atoms. The molecule has 0 aliphatic heterocycles. The average molecular weight is 437 g/mol. The quantitative estimate of drug-likeness (QED) is 0.362. The second kappa shape index (κ2) is 11.4. The molecule has 0 bridgehead atoms. The average Bonchev–Trinajstić information content (AvgIpc) is 3.15. The van der Waals surface area contributed by atoms with Crippen LogP contribution in [0.5, 0.6) is 5.75 Å². The van der Waals surface area contributed by atoms with Crippen LogP contribution in [0.2, 0.25) is 0 Å². The largest absolute Gasteiger partial charge is 0.485 e. The van der Waals surface area contributed by atoms with Crippen molar-refractivity contribution in [3.05, 3.63) is 83.7 Å². The van der Waals surface area contributed by atoms with E-state index >= 15 is 0 Å². The predicted molar refractivity (Wildman–Crippen MR) is 124 cm³/mol. The maximum atomic E-state index is 12.2. The maximum Gasteiger partial charge on any atom is 0.230 e. The monoisotopic (exact) mass is 436 g/mol. The first kappa shape index (κ1) is 22.6. The van der Waals surface area contributed by atoms with Crippen LogP contribution in [0.4, 0.5) is 0 Å². The summed E-state index contributed by atoms with van der Waals surface area (Å²) in [5.74, 6) is 1.79. The Bertz CT molecular complexity index is 1020. The molecule has 162 valence electrons. The van der Waals surface area contributed by atoms with Crippen molar-refractivity contribution in [2.24, 2.45) is 0 Å². The van der Waals surface area contributed by atoms with Crippen molar-refractivity contribution in [1.29, 1.82) is 0 Å². The van der Waals surface area contributed by atoms with Crippen molar-refractivity contribution in [3.8, 4) is 5.75 Å². The van der Waals surface area contributed by atoms with Crippen molar-refractivity contribution >= 4 is 17.7 Å². The molecule has 3 aromatic rings. The fourth-order valence-electron chi connectivity index (χ4n) is 3.02. The van der Waals surface area contributed by atoms with E-state index in [1.165, 1.54) is 17.3 Å². The molecule has 0 aliphatic rings. The molecule has 0 saturated heterocycles. The summed E-state index contributed by atoms with van der Waals surface area (Å²) in [6.45, 7) is 9.33. The van der Waals surface area contributed by atoms with E-state index in [0.717, 1.165) is 23.3 Å². The highest BCUT2D eigenvalue weighted by atomic mass is 32.2. The third-order valence-electron chi connectivity index (χ3n) is 4.72. The number of benzene rings is 2. The molecule has 7 heteroatoms. The number of carbonyl (C=O) groups is 1. The number of hydrogen-bond donors (Lipinski definition) is 1. The summed E-state index contributed by atoms with van der Waals surface area (Å²) in [5.41, 5.74) is 3.42. The first-order valence-corrected chi connectivity index (χ1v) is 11.2. The summed E-state index contributed by atoms with van der Waals surface area (Å²) in [6.07, 6.45) is 2.60.